The lowest BCUT2D eigenvalue weighted by Crippen LogP contribution is -2.10. The van der Waals surface area contributed by atoms with Crippen LogP contribution < -0.4 is 5.73 Å². The molecule has 0 aliphatic rings. The number of carboxylic acids is 2. The van der Waals surface area contributed by atoms with Crippen LogP contribution in [0.2, 0.25) is 0 Å². The van der Waals surface area contributed by atoms with Gasteiger partial charge < -0.3 is 20.9 Å². The number of nitrogen functional groups attached to an aromatic ring is 1. The summed E-state index contributed by atoms with van der Waals surface area (Å²) < 4.78 is 0. The van der Waals surface area contributed by atoms with Gasteiger partial charge in [0.2, 0.25) is 0 Å². The second kappa shape index (κ2) is 7.79. The highest BCUT2D eigenvalue weighted by atomic mass is 16.4. The monoisotopic (exact) mass is 413 g/mol. The number of carboxylic acid groups (broad SMARTS) is 2. The Morgan fingerprint density at radius 3 is 2.32 bits per heavy atom. The van der Waals surface area contributed by atoms with Gasteiger partial charge in [-0.25, -0.2) is 9.59 Å². The highest BCUT2D eigenvalue weighted by Gasteiger charge is 2.18. The van der Waals surface area contributed by atoms with Crippen LogP contribution in [0, 0.1) is 5.41 Å². The first kappa shape index (κ1) is 19.9. The molecule has 0 bridgehead atoms. The minimum Gasteiger partial charge on any atom is -0.478 e. The molecule has 154 valence electrons. The molecular formula is C24H19N3O4. The van der Waals surface area contributed by atoms with Crippen LogP contribution in [0.25, 0.3) is 22.0 Å². The number of amidine groups is 1. The van der Waals surface area contributed by atoms with E-state index in [0.717, 1.165) is 22.0 Å². The highest BCUT2D eigenvalue weighted by Crippen LogP contribution is 2.31. The van der Waals surface area contributed by atoms with E-state index in [1.807, 2.05) is 30.5 Å². The number of hydrogen-bond acceptors (Lipinski definition) is 3. The van der Waals surface area contributed by atoms with E-state index in [2.05, 4.69) is 4.98 Å². The maximum Gasteiger partial charge on any atom is 0.336 e. The fourth-order valence-corrected chi connectivity index (χ4v) is 3.72. The number of H-pyrrole nitrogens is 1. The minimum absolute atomic E-state index is 0.0213. The summed E-state index contributed by atoms with van der Waals surface area (Å²) in [7, 11) is 0. The molecule has 0 fully saturated rings. The normalized spacial score (nSPS) is 10.8. The Morgan fingerprint density at radius 1 is 0.871 bits per heavy atom. The van der Waals surface area contributed by atoms with Crippen LogP contribution in [0.15, 0.2) is 66.9 Å². The van der Waals surface area contributed by atoms with Crippen molar-refractivity contribution in [2.75, 3.05) is 0 Å². The molecule has 0 radical (unpaired) electrons. The summed E-state index contributed by atoms with van der Waals surface area (Å²) in [5.74, 6) is -2.27. The number of nitrogens with one attached hydrogen (secondary N) is 2. The number of aromatic carboxylic acids is 2. The van der Waals surface area contributed by atoms with Gasteiger partial charge in [-0.15, -0.1) is 0 Å². The topological polar surface area (TPSA) is 140 Å². The number of fused-ring (bicyclic) bond motifs is 1. The standard InChI is InChI=1S/C24H19N3O4/c25-22(26)14-6-8-21-19(10-14)16(12-27-21)9-13-3-1-2-4-17(13)20-11-15(23(28)29)5-7-18(20)24(30)31/h1-8,10-12,27H,9H2,(H3,25,26)(H,28,29)(H,30,31). The van der Waals surface area contributed by atoms with Crippen LogP contribution >= 0.6 is 0 Å². The number of rotatable bonds is 6. The summed E-state index contributed by atoms with van der Waals surface area (Å²) in [6.45, 7) is 0. The number of aromatic nitrogens is 1. The number of aromatic amines is 1. The third-order valence-corrected chi connectivity index (χ3v) is 5.26. The zero-order valence-electron chi connectivity index (χ0n) is 16.3. The van der Waals surface area contributed by atoms with Gasteiger partial charge in [-0.05, 0) is 58.7 Å². The molecule has 0 unspecified atom stereocenters. The van der Waals surface area contributed by atoms with Crippen molar-refractivity contribution in [3.63, 3.8) is 0 Å². The lowest BCUT2D eigenvalue weighted by atomic mass is 9.91. The average Bonchev–Trinajstić information content (AvgIpc) is 3.15. The maximum absolute atomic E-state index is 11.8. The molecule has 0 saturated heterocycles. The Hall–Kier alpha value is -4.39. The smallest absolute Gasteiger partial charge is 0.336 e. The quantitative estimate of drug-likeness (QED) is 0.239. The third kappa shape index (κ3) is 3.76. The molecule has 1 heterocycles. The second-order valence-electron chi connectivity index (χ2n) is 7.19. The SMILES string of the molecule is N=C(N)c1ccc2[nH]cc(Cc3ccccc3-c3cc(C(=O)O)ccc3C(=O)O)c2c1. The van der Waals surface area contributed by atoms with E-state index >= 15 is 0 Å². The van der Waals surface area contributed by atoms with Gasteiger partial charge in [0.25, 0.3) is 0 Å². The van der Waals surface area contributed by atoms with E-state index in [9.17, 15) is 19.8 Å². The van der Waals surface area contributed by atoms with E-state index in [-0.39, 0.29) is 17.0 Å². The molecule has 7 nitrogen and oxygen atoms in total. The molecule has 31 heavy (non-hydrogen) atoms. The predicted octanol–water partition coefficient (Wildman–Crippen LogP) is 4.11. The molecule has 0 saturated carbocycles. The maximum atomic E-state index is 11.8. The van der Waals surface area contributed by atoms with Crippen molar-refractivity contribution in [3.8, 4) is 11.1 Å². The van der Waals surface area contributed by atoms with Gasteiger partial charge in [0, 0.05) is 29.1 Å². The summed E-state index contributed by atoms with van der Waals surface area (Å²) in [6.07, 6.45) is 2.35. The van der Waals surface area contributed by atoms with E-state index in [4.69, 9.17) is 11.1 Å². The molecule has 4 rings (SSSR count). The van der Waals surface area contributed by atoms with E-state index in [1.54, 1.807) is 18.2 Å². The Bertz CT molecular complexity index is 1350. The summed E-state index contributed by atoms with van der Waals surface area (Å²) >= 11 is 0. The van der Waals surface area contributed by atoms with Crippen molar-refractivity contribution in [2.24, 2.45) is 5.73 Å². The van der Waals surface area contributed by atoms with Crippen LogP contribution in [-0.4, -0.2) is 33.0 Å². The zero-order valence-corrected chi connectivity index (χ0v) is 16.3. The number of nitrogens with two attached hydrogens (primary N) is 1. The number of carbonyl (C=O) groups is 2. The molecule has 0 aliphatic carbocycles. The van der Waals surface area contributed by atoms with Crippen molar-refractivity contribution in [3.05, 3.63) is 94.7 Å². The second-order valence-corrected chi connectivity index (χ2v) is 7.19. The first-order valence-electron chi connectivity index (χ1n) is 9.48. The van der Waals surface area contributed by atoms with Gasteiger partial charge in [0.05, 0.1) is 11.1 Å². The van der Waals surface area contributed by atoms with Gasteiger partial charge >= 0.3 is 11.9 Å². The molecule has 0 aliphatic heterocycles. The van der Waals surface area contributed by atoms with Crippen LogP contribution in [0.5, 0.6) is 0 Å². The Labute approximate surface area is 177 Å². The van der Waals surface area contributed by atoms with Crippen LogP contribution in [0.1, 0.15) is 37.4 Å². The molecule has 0 atom stereocenters. The van der Waals surface area contributed by atoms with Gasteiger partial charge in [0.1, 0.15) is 5.84 Å². The van der Waals surface area contributed by atoms with E-state index in [1.165, 1.54) is 18.2 Å². The molecule has 6 N–H and O–H groups in total. The molecule has 0 amide bonds. The third-order valence-electron chi connectivity index (χ3n) is 5.26. The van der Waals surface area contributed by atoms with Crippen LogP contribution in [0.4, 0.5) is 0 Å². The lowest BCUT2D eigenvalue weighted by molar-refractivity contribution is 0.0682. The largest absolute Gasteiger partial charge is 0.478 e. The fraction of sp³-hybridized carbons (Fsp3) is 0.0417. The van der Waals surface area contributed by atoms with Gasteiger partial charge in [0.15, 0.2) is 0 Å². The van der Waals surface area contributed by atoms with Gasteiger partial charge in [-0.3, -0.25) is 5.41 Å². The van der Waals surface area contributed by atoms with Crippen molar-refractivity contribution >= 4 is 28.7 Å². The summed E-state index contributed by atoms with van der Waals surface area (Å²) in [5, 5.41) is 27.6. The van der Waals surface area contributed by atoms with E-state index in [0.29, 0.717) is 23.1 Å². The molecule has 1 aromatic heterocycles. The Balaban J connectivity index is 1.85. The molecule has 0 spiro atoms. The highest BCUT2D eigenvalue weighted by molar-refractivity contribution is 6.00. The first-order chi connectivity index (χ1) is 14.8. The number of hydrogen-bond donors (Lipinski definition) is 5. The fourth-order valence-electron chi connectivity index (χ4n) is 3.72. The Morgan fingerprint density at radius 2 is 1.61 bits per heavy atom. The van der Waals surface area contributed by atoms with Crippen molar-refractivity contribution in [2.45, 2.75) is 6.42 Å². The molecular weight excluding hydrogens is 394 g/mol. The Kier molecular flexibility index (Phi) is 5.00. The van der Waals surface area contributed by atoms with Gasteiger partial charge in [-0.1, -0.05) is 24.3 Å². The van der Waals surface area contributed by atoms with E-state index < -0.39 is 11.9 Å². The van der Waals surface area contributed by atoms with Crippen molar-refractivity contribution in [1.82, 2.24) is 4.98 Å². The molecule has 7 heteroatoms. The first-order valence-corrected chi connectivity index (χ1v) is 9.48. The lowest BCUT2D eigenvalue weighted by Gasteiger charge is -2.13. The van der Waals surface area contributed by atoms with Crippen molar-refractivity contribution in [1.29, 1.82) is 5.41 Å². The van der Waals surface area contributed by atoms with Gasteiger partial charge in [-0.2, -0.15) is 0 Å². The predicted molar refractivity (Wildman–Crippen MR) is 118 cm³/mol. The average molecular weight is 413 g/mol. The summed E-state index contributed by atoms with van der Waals surface area (Å²) in [4.78, 5) is 26.5. The minimum atomic E-state index is -1.13. The molecule has 3 aromatic carbocycles. The van der Waals surface area contributed by atoms with Crippen LogP contribution in [-0.2, 0) is 6.42 Å². The number of benzene rings is 3. The zero-order chi connectivity index (χ0) is 22.1. The summed E-state index contributed by atoms with van der Waals surface area (Å²) in [6, 6.07) is 16.8. The molecule has 4 aromatic rings. The van der Waals surface area contributed by atoms with Crippen molar-refractivity contribution < 1.29 is 19.8 Å². The van der Waals surface area contributed by atoms with Crippen LogP contribution in [0.3, 0.4) is 0 Å². The summed E-state index contributed by atoms with van der Waals surface area (Å²) in [5.41, 5.74) is 10.0.